The number of esters is 1. The van der Waals surface area contributed by atoms with E-state index in [4.69, 9.17) is 9.47 Å². The highest BCUT2D eigenvalue weighted by Gasteiger charge is 2.28. The summed E-state index contributed by atoms with van der Waals surface area (Å²) in [6, 6.07) is -0.903. The van der Waals surface area contributed by atoms with Gasteiger partial charge in [0, 0.05) is 0 Å². The van der Waals surface area contributed by atoms with Gasteiger partial charge in [-0.25, -0.2) is 9.59 Å². The van der Waals surface area contributed by atoms with Crippen LogP contribution in [0.5, 0.6) is 0 Å². The van der Waals surface area contributed by atoms with Crippen LogP contribution >= 0.6 is 0 Å². The first-order valence-corrected chi connectivity index (χ1v) is 6.73. The summed E-state index contributed by atoms with van der Waals surface area (Å²) in [5.74, 6) is -0.586. The van der Waals surface area contributed by atoms with E-state index < -0.39 is 36.0 Å². The molecule has 6 heteroatoms. The first-order valence-electron chi connectivity index (χ1n) is 6.73. The maximum absolute atomic E-state index is 12.3. The number of rotatable bonds is 5. The van der Waals surface area contributed by atoms with E-state index in [1.807, 2.05) is 0 Å². The van der Waals surface area contributed by atoms with Crippen molar-refractivity contribution >= 4 is 12.1 Å². The van der Waals surface area contributed by atoms with Gasteiger partial charge < -0.3 is 14.8 Å². The molecular formula is C14H26FNO4. The van der Waals surface area contributed by atoms with Crippen LogP contribution in [0.25, 0.3) is 0 Å². The Hall–Kier alpha value is -1.33. The summed E-state index contributed by atoms with van der Waals surface area (Å²) < 4.78 is 22.5. The number of hydrogen-bond donors (Lipinski definition) is 1. The summed E-state index contributed by atoms with van der Waals surface area (Å²) in [5.41, 5.74) is -1.33. The second-order valence-electron chi connectivity index (χ2n) is 6.56. The quantitative estimate of drug-likeness (QED) is 0.791. The molecule has 0 aromatic heterocycles. The third-order valence-corrected chi connectivity index (χ3v) is 2.01. The summed E-state index contributed by atoms with van der Waals surface area (Å²) in [4.78, 5) is 23.6. The SMILES string of the molecule is CC(C)(C)OC(=O)N[C@@H](CCCF)C(=O)OC(C)(C)C. The molecule has 0 bridgehead atoms. The number of ether oxygens (including phenoxy) is 2. The lowest BCUT2D eigenvalue weighted by atomic mass is 10.1. The zero-order valence-electron chi connectivity index (χ0n) is 13.2. The monoisotopic (exact) mass is 291 g/mol. The Morgan fingerprint density at radius 1 is 1.05 bits per heavy atom. The molecule has 0 heterocycles. The molecule has 0 aromatic carbocycles. The van der Waals surface area contributed by atoms with E-state index in [-0.39, 0.29) is 12.8 Å². The summed E-state index contributed by atoms with van der Waals surface area (Å²) in [6.07, 6.45) is -0.378. The Morgan fingerprint density at radius 3 is 1.95 bits per heavy atom. The van der Waals surface area contributed by atoms with Crippen molar-refractivity contribution < 1.29 is 23.5 Å². The molecule has 20 heavy (non-hydrogen) atoms. The van der Waals surface area contributed by atoms with Gasteiger partial charge in [-0.15, -0.1) is 0 Å². The van der Waals surface area contributed by atoms with E-state index in [2.05, 4.69) is 5.32 Å². The van der Waals surface area contributed by atoms with Gasteiger partial charge in [0.25, 0.3) is 0 Å². The molecule has 0 rings (SSSR count). The lowest BCUT2D eigenvalue weighted by Crippen LogP contribution is -2.46. The van der Waals surface area contributed by atoms with Gasteiger partial charge in [0.05, 0.1) is 6.67 Å². The standard InChI is InChI=1S/C14H26FNO4/c1-13(2,3)19-11(17)10(8-7-9-15)16-12(18)20-14(4,5)6/h10H,7-9H2,1-6H3,(H,16,18)/t10-/m0/s1. The Morgan fingerprint density at radius 2 is 1.55 bits per heavy atom. The molecular weight excluding hydrogens is 265 g/mol. The van der Waals surface area contributed by atoms with E-state index in [1.165, 1.54) is 0 Å². The Bertz CT molecular complexity index is 331. The number of amides is 1. The first-order chi connectivity index (χ1) is 8.94. The van der Waals surface area contributed by atoms with Crippen LogP contribution in [0.1, 0.15) is 54.4 Å². The number of nitrogens with one attached hydrogen (secondary N) is 1. The highest BCUT2D eigenvalue weighted by Crippen LogP contribution is 2.12. The smallest absolute Gasteiger partial charge is 0.408 e. The molecule has 0 aliphatic heterocycles. The Labute approximate surface area is 120 Å². The minimum atomic E-state index is -0.903. The summed E-state index contributed by atoms with van der Waals surface area (Å²) in [5, 5.41) is 2.43. The largest absolute Gasteiger partial charge is 0.458 e. The molecule has 0 fully saturated rings. The van der Waals surface area contributed by atoms with Crippen molar-refractivity contribution in [3.63, 3.8) is 0 Å². The third-order valence-electron chi connectivity index (χ3n) is 2.01. The number of alkyl carbamates (subject to hydrolysis) is 1. The van der Waals surface area contributed by atoms with Crippen LogP contribution in [0.4, 0.5) is 9.18 Å². The van der Waals surface area contributed by atoms with Gasteiger partial charge in [0.1, 0.15) is 17.2 Å². The second kappa shape index (κ2) is 7.45. The minimum Gasteiger partial charge on any atom is -0.458 e. The topological polar surface area (TPSA) is 64.6 Å². The molecule has 1 amide bonds. The van der Waals surface area contributed by atoms with Gasteiger partial charge in [0.2, 0.25) is 0 Å². The summed E-state index contributed by atoms with van der Waals surface area (Å²) in [7, 11) is 0. The number of carbonyl (C=O) groups is 2. The van der Waals surface area contributed by atoms with Gasteiger partial charge in [0.15, 0.2) is 0 Å². The molecule has 0 aliphatic rings. The van der Waals surface area contributed by atoms with E-state index >= 15 is 0 Å². The molecule has 118 valence electrons. The van der Waals surface area contributed by atoms with Crippen LogP contribution in [0.15, 0.2) is 0 Å². The lowest BCUT2D eigenvalue weighted by Gasteiger charge is -2.26. The molecule has 1 N–H and O–H groups in total. The lowest BCUT2D eigenvalue weighted by molar-refractivity contribution is -0.157. The van der Waals surface area contributed by atoms with Gasteiger partial charge >= 0.3 is 12.1 Å². The molecule has 0 aliphatic carbocycles. The zero-order valence-corrected chi connectivity index (χ0v) is 13.2. The molecule has 0 spiro atoms. The minimum absolute atomic E-state index is 0.166. The van der Waals surface area contributed by atoms with Crippen molar-refractivity contribution in [1.29, 1.82) is 0 Å². The molecule has 0 saturated heterocycles. The van der Waals surface area contributed by atoms with Crippen LogP contribution in [-0.4, -0.2) is 36.0 Å². The summed E-state index contributed by atoms with van der Waals surface area (Å²) in [6.45, 7) is 9.78. The average Bonchev–Trinajstić information content (AvgIpc) is 2.18. The van der Waals surface area contributed by atoms with Crippen molar-refractivity contribution in [2.45, 2.75) is 71.6 Å². The Kier molecular flexibility index (Phi) is 6.96. The van der Waals surface area contributed by atoms with Crippen LogP contribution < -0.4 is 5.32 Å². The molecule has 0 radical (unpaired) electrons. The van der Waals surface area contributed by atoms with Crippen molar-refractivity contribution in [2.24, 2.45) is 0 Å². The normalized spacial score (nSPS) is 13.6. The maximum atomic E-state index is 12.3. The van der Waals surface area contributed by atoms with Crippen molar-refractivity contribution in [2.75, 3.05) is 6.67 Å². The van der Waals surface area contributed by atoms with Crippen molar-refractivity contribution in [1.82, 2.24) is 5.32 Å². The van der Waals surface area contributed by atoms with Crippen LogP contribution in [0.2, 0.25) is 0 Å². The van der Waals surface area contributed by atoms with E-state index in [1.54, 1.807) is 41.5 Å². The fourth-order valence-electron chi connectivity index (χ4n) is 1.35. The van der Waals surface area contributed by atoms with E-state index in [0.29, 0.717) is 0 Å². The first kappa shape index (κ1) is 18.7. The maximum Gasteiger partial charge on any atom is 0.408 e. The third kappa shape index (κ3) is 9.58. The Balaban J connectivity index is 4.63. The van der Waals surface area contributed by atoms with E-state index in [0.717, 1.165) is 0 Å². The molecule has 5 nitrogen and oxygen atoms in total. The van der Waals surface area contributed by atoms with Gasteiger partial charge in [-0.2, -0.15) is 0 Å². The van der Waals surface area contributed by atoms with Gasteiger partial charge in [-0.3, -0.25) is 4.39 Å². The van der Waals surface area contributed by atoms with Gasteiger partial charge in [-0.1, -0.05) is 0 Å². The predicted molar refractivity (Wildman–Crippen MR) is 74.2 cm³/mol. The zero-order chi connectivity index (χ0) is 16.0. The predicted octanol–water partition coefficient (Wildman–Crippen LogP) is 2.97. The highest BCUT2D eigenvalue weighted by molar-refractivity contribution is 5.81. The molecule has 1 atom stereocenters. The van der Waals surface area contributed by atoms with Gasteiger partial charge in [-0.05, 0) is 54.4 Å². The van der Waals surface area contributed by atoms with Crippen LogP contribution in [-0.2, 0) is 14.3 Å². The number of carbonyl (C=O) groups excluding carboxylic acids is 2. The average molecular weight is 291 g/mol. The van der Waals surface area contributed by atoms with Crippen LogP contribution in [0, 0.1) is 0 Å². The van der Waals surface area contributed by atoms with E-state index in [9.17, 15) is 14.0 Å². The number of hydrogen-bond acceptors (Lipinski definition) is 4. The number of alkyl halides is 1. The fraction of sp³-hybridized carbons (Fsp3) is 0.857. The molecule has 0 unspecified atom stereocenters. The molecule has 0 aromatic rings. The summed E-state index contributed by atoms with van der Waals surface area (Å²) >= 11 is 0. The van der Waals surface area contributed by atoms with Crippen molar-refractivity contribution in [3.05, 3.63) is 0 Å². The van der Waals surface area contributed by atoms with Crippen molar-refractivity contribution in [3.8, 4) is 0 Å². The molecule has 0 saturated carbocycles. The number of halogens is 1. The fourth-order valence-corrected chi connectivity index (χ4v) is 1.35. The highest BCUT2D eigenvalue weighted by atomic mass is 19.1. The van der Waals surface area contributed by atoms with Crippen LogP contribution in [0.3, 0.4) is 0 Å². The second-order valence-corrected chi connectivity index (χ2v) is 6.56.